The average Bonchev–Trinajstić information content (AvgIpc) is 3.11. The van der Waals surface area contributed by atoms with Gasteiger partial charge in [-0.3, -0.25) is 0 Å². The second kappa shape index (κ2) is 5.59. The van der Waals surface area contributed by atoms with E-state index in [0.29, 0.717) is 0 Å². The van der Waals surface area contributed by atoms with E-state index >= 15 is 0 Å². The number of hydrogen-bond acceptors (Lipinski definition) is 3. The fraction of sp³-hybridized carbons (Fsp3) is 0.125. The molecule has 0 saturated heterocycles. The molecule has 0 saturated carbocycles. The Labute approximate surface area is 121 Å². The van der Waals surface area contributed by atoms with Crippen molar-refractivity contribution in [2.24, 2.45) is 0 Å². The van der Waals surface area contributed by atoms with Gasteiger partial charge in [-0.2, -0.15) is 0 Å². The molecule has 3 aromatic rings. The first kappa shape index (κ1) is 12.5. The van der Waals surface area contributed by atoms with E-state index in [2.05, 4.69) is 71.5 Å². The van der Waals surface area contributed by atoms with Crippen molar-refractivity contribution < 1.29 is 0 Å². The van der Waals surface area contributed by atoms with Crippen molar-refractivity contribution in [1.29, 1.82) is 0 Å². The predicted molar refractivity (Wildman–Crippen MR) is 85.3 cm³/mol. The molecule has 0 fully saturated rings. The molecule has 1 aromatic carbocycles. The first-order valence-corrected chi connectivity index (χ1v) is 7.99. The molecule has 3 rings (SSSR count). The van der Waals surface area contributed by atoms with Crippen LogP contribution in [0.1, 0.15) is 21.4 Å². The summed E-state index contributed by atoms with van der Waals surface area (Å²) in [5.74, 6) is 0. The van der Waals surface area contributed by atoms with E-state index in [1.807, 2.05) is 0 Å². The third-order valence-electron chi connectivity index (χ3n) is 3.10. The smallest absolute Gasteiger partial charge is 0.0953 e. The van der Waals surface area contributed by atoms with E-state index in [1.54, 1.807) is 22.7 Å². The Kier molecular flexibility index (Phi) is 3.67. The Morgan fingerprint density at radius 1 is 0.842 bits per heavy atom. The Morgan fingerprint density at radius 3 is 2.00 bits per heavy atom. The van der Waals surface area contributed by atoms with Crippen LogP contribution in [0.5, 0.6) is 0 Å². The fourth-order valence-electron chi connectivity index (χ4n) is 2.08. The molecule has 0 radical (unpaired) electrons. The molecule has 0 unspecified atom stereocenters. The third kappa shape index (κ3) is 2.72. The van der Waals surface area contributed by atoms with E-state index in [1.165, 1.54) is 21.0 Å². The highest BCUT2D eigenvalue weighted by molar-refractivity contribution is 7.11. The number of thiophene rings is 2. The van der Waals surface area contributed by atoms with Crippen LogP contribution < -0.4 is 5.32 Å². The lowest BCUT2D eigenvalue weighted by Gasteiger charge is -2.19. The van der Waals surface area contributed by atoms with Gasteiger partial charge in [0, 0.05) is 15.4 Å². The van der Waals surface area contributed by atoms with Crippen molar-refractivity contribution >= 4 is 28.4 Å². The van der Waals surface area contributed by atoms with Crippen LogP contribution in [0.15, 0.2) is 59.3 Å². The number of para-hydroxylation sites is 1. The maximum Gasteiger partial charge on any atom is 0.0953 e. The molecular weight excluding hydrogens is 270 g/mol. The van der Waals surface area contributed by atoms with Gasteiger partial charge in [0.05, 0.1) is 6.04 Å². The van der Waals surface area contributed by atoms with Gasteiger partial charge in [0.25, 0.3) is 0 Å². The van der Waals surface area contributed by atoms with Gasteiger partial charge in [-0.1, -0.05) is 30.3 Å². The van der Waals surface area contributed by atoms with E-state index < -0.39 is 0 Å². The van der Waals surface area contributed by atoms with Crippen LogP contribution in [0, 0.1) is 6.92 Å². The Hall–Kier alpha value is -1.58. The first-order valence-electron chi connectivity index (χ1n) is 6.23. The SMILES string of the molecule is Cc1ccccc1NC(c1cccs1)c1cccs1. The van der Waals surface area contributed by atoms with E-state index in [0.717, 1.165) is 0 Å². The van der Waals surface area contributed by atoms with E-state index in [9.17, 15) is 0 Å². The van der Waals surface area contributed by atoms with Crippen LogP contribution in [-0.2, 0) is 0 Å². The monoisotopic (exact) mass is 285 g/mol. The van der Waals surface area contributed by atoms with Gasteiger partial charge in [-0.05, 0) is 41.4 Å². The van der Waals surface area contributed by atoms with Crippen molar-refractivity contribution in [1.82, 2.24) is 0 Å². The summed E-state index contributed by atoms with van der Waals surface area (Å²) >= 11 is 3.60. The molecule has 0 aliphatic carbocycles. The summed E-state index contributed by atoms with van der Waals surface area (Å²) in [6.45, 7) is 2.14. The first-order chi connectivity index (χ1) is 9.34. The normalized spacial score (nSPS) is 10.8. The standard InChI is InChI=1S/C16H15NS2/c1-12-6-2-3-7-13(12)17-16(14-8-4-10-18-14)15-9-5-11-19-15/h2-11,16-17H,1H3. The molecule has 0 atom stereocenters. The maximum absolute atomic E-state index is 3.67. The quantitative estimate of drug-likeness (QED) is 0.684. The number of nitrogens with one attached hydrogen (secondary N) is 1. The molecule has 0 amide bonds. The van der Waals surface area contributed by atoms with Crippen LogP contribution in [0.3, 0.4) is 0 Å². The summed E-state index contributed by atoms with van der Waals surface area (Å²) < 4.78 is 0. The summed E-state index contributed by atoms with van der Waals surface area (Å²) in [6, 6.07) is 17.3. The van der Waals surface area contributed by atoms with Crippen LogP contribution in [0.25, 0.3) is 0 Å². The zero-order chi connectivity index (χ0) is 13.1. The van der Waals surface area contributed by atoms with Gasteiger partial charge in [0.2, 0.25) is 0 Å². The van der Waals surface area contributed by atoms with Gasteiger partial charge in [-0.25, -0.2) is 0 Å². The van der Waals surface area contributed by atoms with Crippen LogP contribution in [0.2, 0.25) is 0 Å². The lowest BCUT2D eigenvalue weighted by molar-refractivity contribution is 0.989. The average molecular weight is 285 g/mol. The lowest BCUT2D eigenvalue weighted by atomic mass is 10.1. The van der Waals surface area contributed by atoms with E-state index in [4.69, 9.17) is 0 Å². The number of aryl methyl sites for hydroxylation is 1. The Balaban J connectivity index is 1.95. The Morgan fingerprint density at radius 2 is 1.47 bits per heavy atom. The topological polar surface area (TPSA) is 12.0 Å². The molecule has 0 spiro atoms. The van der Waals surface area contributed by atoms with Crippen molar-refractivity contribution in [3.8, 4) is 0 Å². The highest BCUT2D eigenvalue weighted by Crippen LogP contribution is 2.33. The molecular formula is C16H15NS2. The van der Waals surface area contributed by atoms with Crippen molar-refractivity contribution in [2.75, 3.05) is 5.32 Å². The zero-order valence-electron chi connectivity index (χ0n) is 10.7. The molecule has 1 N–H and O–H groups in total. The van der Waals surface area contributed by atoms with Gasteiger partial charge in [-0.15, -0.1) is 22.7 Å². The minimum atomic E-state index is 0.251. The highest BCUT2D eigenvalue weighted by Gasteiger charge is 2.16. The summed E-state index contributed by atoms with van der Waals surface area (Å²) in [5.41, 5.74) is 2.48. The van der Waals surface area contributed by atoms with Gasteiger partial charge < -0.3 is 5.32 Å². The van der Waals surface area contributed by atoms with Gasteiger partial charge in [0.15, 0.2) is 0 Å². The van der Waals surface area contributed by atoms with E-state index in [-0.39, 0.29) is 6.04 Å². The number of anilines is 1. The lowest BCUT2D eigenvalue weighted by Crippen LogP contribution is -2.10. The summed E-state index contributed by atoms with van der Waals surface area (Å²) in [4.78, 5) is 2.71. The predicted octanol–water partition coefficient (Wildman–Crippen LogP) is 5.32. The van der Waals surface area contributed by atoms with Gasteiger partial charge >= 0.3 is 0 Å². The molecule has 2 aromatic heterocycles. The van der Waals surface area contributed by atoms with Crippen molar-refractivity contribution in [3.05, 3.63) is 74.6 Å². The minimum absolute atomic E-state index is 0.251. The number of benzene rings is 1. The molecule has 19 heavy (non-hydrogen) atoms. The zero-order valence-corrected chi connectivity index (χ0v) is 12.3. The third-order valence-corrected chi connectivity index (χ3v) is 4.97. The number of hydrogen-bond donors (Lipinski definition) is 1. The minimum Gasteiger partial charge on any atom is -0.373 e. The summed E-state index contributed by atoms with van der Waals surface area (Å²) in [5, 5.41) is 7.94. The summed E-state index contributed by atoms with van der Waals surface area (Å²) in [6.07, 6.45) is 0. The molecule has 2 heterocycles. The van der Waals surface area contributed by atoms with Gasteiger partial charge in [0.1, 0.15) is 0 Å². The van der Waals surface area contributed by atoms with Crippen LogP contribution in [-0.4, -0.2) is 0 Å². The molecule has 1 nitrogen and oxygen atoms in total. The molecule has 0 bridgehead atoms. The highest BCUT2D eigenvalue weighted by atomic mass is 32.1. The van der Waals surface area contributed by atoms with Crippen molar-refractivity contribution in [2.45, 2.75) is 13.0 Å². The fourth-order valence-corrected chi connectivity index (χ4v) is 3.75. The second-order valence-corrected chi connectivity index (χ2v) is 6.38. The van der Waals surface area contributed by atoms with Crippen LogP contribution in [0.4, 0.5) is 5.69 Å². The molecule has 96 valence electrons. The largest absolute Gasteiger partial charge is 0.373 e. The summed E-state index contributed by atoms with van der Waals surface area (Å²) in [7, 11) is 0. The molecule has 0 aliphatic rings. The second-order valence-electron chi connectivity index (χ2n) is 4.42. The van der Waals surface area contributed by atoms with Crippen LogP contribution >= 0.6 is 22.7 Å². The number of rotatable bonds is 4. The Bertz CT molecular complexity index is 592. The molecule has 3 heteroatoms. The molecule has 0 aliphatic heterocycles. The van der Waals surface area contributed by atoms with Crippen molar-refractivity contribution in [3.63, 3.8) is 0 Å². The maximum atomic E-state index is 3.67.